The van der Waals surface area contributed by atoms with Crippen LogP contribution in [0.1, 0.15) is 27.7 Å². The van der Waals surface area contributed by atoms with Crippen LogP contribution in [0.15, 0.2) is 345 Å². The van der Waals surface area contributed by atoms with Gasteiger partial charge in [0.1, 0.15) is 0 Å². The molecule has 1 saturated heterocycles. The molecule has 0 saturated carbocycles. The first kappa shape index (κ1) is 68.9. The van der Waals surface area contributed by atoms with Crippen molar-refractivity contribution >= 4 is 28.5 Å². The summed E-state index contributed by atoms with van der Waals surface area (Å²) >= 11 is 3.49. The third-order valence-corrected chi connectivity index (χ3v) is 18.8. The van der Waals surface area contributed by atoms with E-state index in [1.54, 1.807) is 24.8 Å². The Kier molecular flexibility index (Phi) is 20.4. The molecule has 0 amide bonds. The fourth-order valence-corrected chi connectivity index (χ4v) is 12.3. The van der Waals surface area contributed by atoms with Crippen molar-refractivity contribution in [1.29, 1.82) is 0 Å². The molecule has 0 atom stereocenters. The second kappa shape index (κ2) is 31.4. The van der Waals surface area contributed by atoms with E-state index in [9.17, 15) is 0 Å². The number of hydrogen-bond donors (Lipinski definition) is 0. The lowest BCUT2D eigenvalue weighted by atomic mass is 9.78. The molecule has 9 heterocycles. The van der Waals surface area contributed by atoms with Gasteiger partial charge >= 0.3 is 7.12 Å². The zero-order chi connectivity index (χ0) is 72.2. The molecule has 1 aliphatic heterocycles. The zero-order valence-corrected chi connectivity index (χ0v) is 60.1. The van der Waals surface area contributed by atoms with Crippen molar-refractivity contribution in [3.63, 3.8) is 0 Å². The van der Waals surface area contributed by atoms with Crippen molar-refractivity contribution in [3.05, 3.63) is 345 Å². The monoisotopic (exact) mass is 1440 g/mol. The van der Waals surface area contributed by atoms with E-state index in [0.717, 1.165) is 122 Å². The van der Waals surface area contributed by atoms with Gasteiger partial charge in [0.05, 0.1) is 56.8 Å². The second-order valence-electron chi connectivity index (χ2n) is 26.1. The van der Waals surface area contributed by atoms with Crippen molar-refractivity contribution in [1.82, 2.24) is 59.8 Å². The van der Waals surface area contributed by atoms with E-state index in [1.165, 1.54) is 0 Å². The predicted molar refractivity (Wildman–Crippen MR) is 427 cm³/mol. The van der Waals surface area contributed by atoms with Crippen molar-refractivity contribution in [2.75, 3.05) is 0 Å². The number of rotatable bonds is 14. The number of pyridine rings is 6. The van der Waals surface area contributed by atoms with Gasteiger partial charge in [-0.2, -0.15) is 0 Å². The van der Waals surface area contributed by atoms with Gasteiger partial charge in [0.2, 0.25) is 0 Å². The van der Waals surface area contributed by atoms with Crippen molar-refractivity contribution in [2.24, 2.45) is 0 Å². The summed E-state index contributed by atoms with van der Waals surface area (Å²) < 4.78 is 13.6. The summed E-state index contributed by atoms with van der Waals surface area (Å²) in [4.78, 5) is 56.8. The minimum absolute atomic E-state index is 0.401. The van der Waals surface area contributed by atoms with E-state index < -0.39 is 18.3 Å². The quantitative estimate of drug-likeness (QED) is 0.0941. The maximum atomic E-state index is 6.25. The molecule has 0 radical (unpaired) electrons. The molecule has 0 N–H and O–H groups in total. The molecule has 14 nitrogen and oxygen atoms in total. The molecular formula is C90H68BBrN12O2. The Morgan fingerprint density at radius 3 is 0.830 bits per heavy atom. The molecule has 1 fully saturated rings. The van der Waals surface area contributed by atoms with Gasteiger partial charge in [-0.05, 0) is 158 Å². The molecule has 510 valence electrons. The van der Waals surface area contributed by atoms with Crippen LogP contribution in [0, 0.1) is 0 Å². The minimum Gasteiger partial charge on any atom is -0.399 e. The summed E-state index contributed by atoms with van der Waals surface area (Å²) in [6.07, 6.45) is 7.14. The summed E-state index contributed by atoms with van der Waals surface area (Å²) in [6, 6.07) is 105. The Morgan fingerprint density at radius 2 is 0.500 bits per heavy atom. The van der Waals surface area contributed by atoms with Gasteiger partial charge in [-0.25, -0.2) is 39.9 Å². The van der Waals surface area contributed by atoms with Crippen LogP contribution >= 0.6 is 15.9 Å². The first-order chi connectivity index (χ1) is 51.9. The average molecular weight is 1440 g/mol. The molecule has 8 aromatic carbocycles. The molecule has 17 rings (SSSR count). The maximum Gasteiger partial charge on any atom is 0.494 e. The summed E-state index contributed by atoms with van der Waals surface area (Å²) in [5.74, 6) is 3.80. The van der Waals surface area contributed by atoms with Crippen LogP contribution < -0.4 is 5.46 Å². The molecule has 106 heavy (non-hydrogen) atoms. The van der Waals surface area contributed by atoms with Crippen molar-refractivity contribution < 1.29 is 9.31 Å². The van der Waals surface area contributed by atoms with Gasteiger partial charge in [0, 0.05) is 62.6 Å². The third kappa shape index (κ3) is 16.2. The smallest absolute Gasteiger partial charge is 0.399 e. The molecule has 0 spiro atoms. The average Bonchev–Trinajstić information content (AvgIpc) is 1.60. The number of aromatic nitrogens is 12. The van der Waals surface area contributed by atoms with Crippen LogP contribution in [-0.2, 0) is 9.31 Å². The molecular weight excluding hydrogens is 1370 g/mol. The van der Waals surface area contributed by atoms with Gasteiger partial charge in [0.25, 0.3) is 0 Å². The lowest BCUT2D eigenvalue weighted by Crippen LogP contribution is -2.41. The van der Waals surface area contributed by atoms with E-state index in [2.05, 4.69) is 136 Å². The Bertz CT molecular complexity index is 5400. The molecule has 16 heteroatoms. The maximum absolute atomic E-state index is 6.25. The summed E-state index contributed by atoms with van der Waals surface area (Å²) in [7, 11) is -0.445. The van der Waals surface area contributed by atoms with Gasteiger partial charge < -0.3 is 9.31 Å². The normalized spacial score (nSPS) is 12.6. The fraction of sp³-hybridized carbons (Fsp3) is 0.0667. The highest BCUT2D eigenvalue weighted by Gasteiger charge is 2.51. The summed E-state index contributed by atoms with van der Waals surface area (Å²) in [5, 5.41) is 0. The lowest BCUT2D eigenvalue weighted by molar-refractivity contribution is 0.00578. The summed E-state index contributed by atoms with van der Waals surface area (Å²) in [6.45, 7) is 8.23. The molecule has 8 aromatic heterocycles. The lowest BCUT2D eigenvalue weighted by Gasteiger charge is -2.32. The fourth-order valence-electron chi connectivity index (χ4n) is 12.0. The number of hydrogen-bond acceptors (Lipinski definition) is 14. The number of nitrogens with zero attached hydrogens (tertiary/aromatic N) is 12. The van der Waals surface area contributed by atoms with Gasteiger partial charge in [0.15, 0.2) is 34.9 Å². The standard InChI is InChI=1S/C42H28N6.C27H26BN3O2.C21H14BrN3/c1-3-12-31(13-4-1)40-46-41(32-14-5-2-6-15-32)48-42(47-40)34-17-11-16-33(26-34)29-20-22-30(23-21-29)35-27-38(36-18-7-9-24-43-36)45-39(28-35)37-19-8-10-25-44-37;1-26(2)27(3,4)33-28(32-26)22-17-11-16-21(18-22)25-30-23(19-12-7-5-8-13-19)29-24(31-25)20-14-9-6-10-15-20;22-17-9-7-15(8-10-17)16-13-20(18-5-1-3-11-23-18)25-21(14-16)19-6-2-4-12-24-19/h1-28H;5-18H,1-4H3;1-14H. The Balaban J connectivity index is 0.000000135. The van der Waals surface area contributed by atoms with Gasteiger partial charge in [-0.3, -0.25) is 19.9 Å². The molecule has 1 aliphatic rings. The molecule has 0 unspecified atom stereocenters. The first-order valence-corrected chi connectivity index (χ1v) is 35.5. The van der Waals surface area contributed by atoms with E-state index in [0.29, 0.717) is 34.9 Å². The van der Waals surface area contributed by atoms with Crippen LogP contribution in [0.2, 0.25) is 0 Å². The van der Waals surface area contributed by atoms with Crippen LogP contribution in [0.3, 0.4) is 0 Å². The van der Waals surface area contributed by atoms with E-state index in [4.69, 9.17) is 49.2 Å². The largest absolute Gasteiger partial charge is 0.494 e. The SMILES string of the molecule is Brc1ccc(-c2cc(-c3ccccn3)nc(-c3ccccn3)c2)cc1.CC1(C)OB(c2cccc(-c3nc(-c4ccccc4)nc(-c4ccccc4)n3)c2)OC1(C)C.c1ccc(-c2nc(-c3ccccc3)nc(-c3cccc(-c4ccc(-c5cc(-c6ccccn6)nc(-c6ccccn6)c5)cc4)c3)n2)cc1. The van der Waals surface area contributed by atoms with E-state index in [-0.39, 0.29) is 0 Å². The Hall–Kier alpha value is -12.9. The van der Waals surface area contributed by atoms with Crippen LogP contribution in [-0.4, -0.2) is 78.1 Å². The topological polar surface area (TPSA) is 173 Å². The minimum atomic E-state index is -0.445. The highest BCUT2D eigenvalue weighted by Crippen LogP contribution is 2.38. The third-order valence-electron chi connectivity index (χ3n) is 18.3. The number of benzene rings is 8. The Labute approximate surface area is 624 Å². The summed E-state index contributed by atoms with van der Waals surface area (Å²) in [5.41, 5.74) is 18.8. The van der Waals surface area contributed by atoms with Crippen molar-refractivity contribution in [2.45, 2.75) is 38.9 Å². The van der Waals surface area contributed by atoms with Gasteiger partial charge in [-0.1, -0.05) is 240 Å². The van der Waals surface area contributed by atoms with Crippen LogP contribution in [0.25, 0.3) is 147 Å². The first-order valence-electron chi connectivity index (χ1n) is 34.8. The highest BCUT2D eigenvalue weighted by atomic mass is 79.9. The highest BCUT2D eigenvalue weighted by molar-refractivity contribution is 9.10. The molecule has 0 bridgehead atoms. The second-order valence-corrected chi connectivity index (χ2v) is 27.0. The van der Waals surface area contributed by atoms with Crippen LogP contribution in [0.5, 0.6) is 0 Å². The van der Waals surface area contributed by atoms with Gasteiger partial charge in [-0.15, -0.1) is 0 Å². The predicted octanol–water partition coefficient (Wildman–Crippen LogP) is 20.5. The van der Waals surface area contributed by atoms with Crippen molar-refractivity contribution in [3.8, 4) is 147 Å². The number of halogens is 1. The molecule has 0 aliphatic carbocycles. The zero-order valence-electron chi connectivity index (χ0n) is 58.5. The van der Waals surface area contributed by atoms with Crippen LogP contribution in [0.4, 0.5) is 0 Å². The van der Waals surface area contributed by atoms with E-state index in [1.807, 2.05) is 243 Å². The van der Waals surface area contributed by atoms with E-state index >= 15 is 0 Å². The Morgan fingerprint density at radius 1 is 0.226 bits per heavy atom. The molecule has 16 aromatic rings.